The van der Waals surface area contributed by atoms with E-state index in [1.165, 1.54) is 25.7 Å². The van der Waals surface area contributed by atoms with Gasteiger partial charge in [0, 0.05) is 17.9 Å². The molecule has 1 N–H and O–H groups in total. The van der Waals surface area contributed by atoms with Gasteiger partial charge in [-0.05, 0) is 87.0 Å². The molecule has 0 aromatic heterocycles. The zero-order valence-corrected chi connectivity index (χ0v) is 18.0. The van der Waals surface area contributed by atoms with Crippen molar-refractivity contribution in [3.05, 3.63) is 0 Å². The third-order valence-corrected chi connectivity index (χ3v) is 9.58. The highest BCUT2D eigenvalue weighted by molar-refractivity contribution is 6.40. The number of carbonyl (C=O) groups excluding carboxylic acids is 2. The summed E-state index contributed by atoms with van der Waals surface area (Å²) in [5, 5.41) is 7.83. The predicted octanol–water partition coefficient (Wildman–Crippen LogP) is 3.90. The van der Waals surface area contributed by atoms with Crippen molar-refractivity contribution in [3.63, 3.8) is 0 Å². The summed E-state index contributed by atoms with van der Waals surface area (Å²) in [7, 11) is 0. The van der Waals surface area contributed by atoms with Crippen LogP contribution in [0.1, 0.15) is 78.1 Å². The van der Waals surface area contributed by atoms with Gasteiger partial charge >= 0.3 is 0 Å². The largest absolute Gasteiger partial charge is 0.394 e. The molecule has 5 heteroatoms. The van der Waals surface area contributed by atoms with Crippen LogP contribution in [0, 0.1) is 34.5 Å². The van der Waals surface area contributed by atoms with E-state index < -0.39 is 0 Å². The first-order chi connectivity index (χ1) is 13.9. The maximum atomic E-state index is 13.3. The third kappa shape index (κ3) is 3.10. The number of nitrogens with zero attached hydrogens (tertiary/aromatic N) is 1. The Morgan fingerprint density at radius 2 is 1.90 bits per heavy atom. The molecule has 29 heavy (non-hydrogen) atoms. The molecule has 0 aromatic carbocycles. The molecule has 0 aromatic rings. The van der Waals surface area contributed by atoms with Crippen LogP contribution in [-0.2, 0) is 14.4 Å². The van der Waals surface area contributed by atoms with E-state index >= 15 is 0 Å². The lowest BCUT2D eigenvalue weighted by molar-refractivity contribution is -0.164. The molecule has 0 radical (unpaired) electrons. The van der Waals surface area contributed by atoms with E-state index in [1.54, 1.807) is 0 Å². The zero-order chi connectivity index (χ0) is 20.2. The molecule has 0 bridgehead atoms. The van der Waals surface area contributed by atoms with Crippen molar-refractivity contribution in [1.82, 2.24) is 5.32 Å². The standard InChI is InChI=1S/C24H36N2O3/c1-23-9-3-6-17(23)20-18(8-10-23)24(2)11-7-15(13-19(24)21(27)22(20)28)26-29-14-16-5-4-12-25-16/h16-20,25H,3-14H2,1-2H3/b26-15+/t16-,17-,18-,19?,20-,23-,24+/m0/s1. The minimum atomic E-state index is -0.192. The predicted molar refractivity (Wildman–Crippen MR) is 112 cm³/mol. The first-order valence-electron chi connectivity index (χ1n) is 11.9. The number of fused-ring (bicyclic) bond motifs is 5. The van der Waals surface area contributed by atoms with Crippen molar-refractivity contribution in [3.8, 4) is 0 Å². The van der Waals surface area contributed by atoms with Crippen LogP contribution in [0.4, 0.5) is 0 Å². The Bertz CT molecular complexity index is 728. The zero-order valence-electron chi connectivity index (χ0n) is 18.0. The van der Waals surface area contributed by atoms with E-state index in [9.17, 15) is 9.59 Å². The Morgan fingerprint density at radius 1 is 1.03 bits per heavy atom. The van der Waals surface area contributed by atoms with Crippen LogP contribution in [0.5, 0.6) is 0 Å². The molecule has 5 rings (SSSR count). The average molecular weight is 401 g/mol. The second-order valence-corrected chi connectivity index (χ2v) is 11.1. The van der Waals surface area contributed by atoms with Gasteiger partial charge in [-0.3, -0.25) is 9.59 Å². The molecule has 5 nitrogen and oxygen atoms in total. The average Bonchev–Trinajstić information content (AvgIpc) is 3.35. The fourth-order valence-corrected chi connectivity index (χ4v) is 7.76. The number of hydrogen-bond donors (Lipinski definition) is 1. The summed E-state index contributed by atoms with van der Waals surface area (Å²) in [6.45, 7) is 6.33. The van der Waals surface area contributed by atoms with Gasteiger partial charge in [-0.2, -0.15) is 0 Å². The molecule has 5 aliphatic rings. The second-order valence-electron chi connectivity index (χ2n) is 11.1. The molecule has 4 saturated carbocycles. The Kier molecular flexibility index (Phi) is 4.88. The van der Waals surface area contributed by atoms with Gasteiger partial charge in [0.15, 0.2) is 0 Å². The highest BCUT2D eigenvalue weighted by atomic mass is 16.6. The Balaban J connectivity index is 1.33. The monoisotopic (exact) mass is 400 g/mol. The normalized spacial score (nSPS) is 48.3. The van der Waals surface area contributed by atoms with Crippen LogP contribution >= 0.6 is 0 Å². The molecular weight excluding hydrogens is 364 g/mol. The molecular formula is C24H36N2O3. The Morgan fingerprint density at radius 3 is 2.69 bits per heavy atom. The number of ketones is 2. The van der Waals surface area contributed by atoms with Crippen molar-refractivity contribution < 1.29 is 14.4 Å². The lowest BCUT2D eigenvalue weighted by Crippen LogP contribution is -2.60. The molecule has 1 saturated heterocycles. The lowest BCUT2D eigenvalue weighted by Gasteiger charge is -2.58. The fourth-order valence-electron chi connectivity index (χ4n) is 7.76. The number of nitrogens with one attached hydrogen (secondary N) is 1. The minimum Gasteiger partial charge on any atom is -0.394 e. The van der Waals surface area contributed by atoms with Gasteiger partial charge in [-0.15, -0.1) is 0 Å². The first kappa shape index (κ1) is 19.7. The molecule has 4 aliphatic carbocycles. The molecule has 0 amide bonds. The topological polar surface area (TPSA) is 67.8 Å². The van der Waals surface area contributed by atoms with Crippen LogP contribution in [0.3, 0.4) is 0 Å². The quantitative estimate of drug-likeness (QED) is 0.576. The number of rotatable bonds is 3. The van der Waals surface area contributed by atoms with Crippen molar-refractivity contribution in [2.24, 2.45) is 39.7 Å². The van der Waals surface area contributed by atoms with Crippen molar-refractivity contribution in [1.29, 1.82) is 0 Å². The van der Waals surface area contributed by atoms with Gasteiger partial charge in [-0.1, -0.05) is 25.4 Å². The number of hydrogen-bond acceptors (Lipinski definition) is 5. The van der Waals surface area contributed by atoms with Gasteiger partial charge in [0.1, 0.15) is 6.61 Å². The molecule has 0 spiro atoms. The summed E-state index contributed by atoms with van der Waals surface area (Å²) in [4.78, 5) is 32.2. The SMILES string of the molecule is C[C@@]12CCC[C@H]1[C@@H]1C(=O)C(=O)C3C/C(=N/OC[C@@H]4CCCN4)CC[C@]3(C)[C@H]1CC2. The van der Waals surface area contributed by atoms with Crippen LogP contribution in [-0.4, -0.2) is 36.5 Å². The first-order valence-corrected chi connectivity index (χ1v) is 11.9. The summed E-state index contributed by atoms with van der Waals surface area (Å²) in [5.74, 6) is 0.435. The molecule has 1 heterocycles. The lowest BCUT2D eigenvalue weighted by atomic mass is 9.44. The molecule has 5 fully saturated rings. The van der Waals surface area contributed by atoms with Crippen LogP contribution in [0.15, 0.2) is 5.16 Å². The van der Waals surface area contributed by atoms with Gasteiger partial charge in [0.25, 0.3) is 0 Å². The number of oxime groups is 1. The van der Waals surface area contributed by atoms with E-state index in [0.29, 0.717) is 30.9 Å². The van der Waals surface area contributed by atoms with Crippen LogP contribution in [0.2, 0.25) is 0 Å². The van der Waals surface area contributed by atoms with E-state index in [0.717, 1.165) is 44.4 Å². The van der Waals surface area contributed by atoms with Crippen LogP contribution in [0.25, 0.3) is 0 Å². The maximum absolute atomic E-state index is 13.3. The number of Topliss-reactive ketones (excluding diaryl/α,β-unsaturated/α-hetero) is 2. The summed E-state index contributed by atoms with van der Waals surface area (Å²) in [6.07, 6.45) is 10.7. The molecule has 160 valence electrons. The van der Waals surface area contributed by atoms with Crippen molar-refractivity contribution in [2.45, 2.75) is 84.1 Å². The summed E-state index contributed by atoms with van der Waals surface area (Å²) in [5.41, 5.74) is 1.21. The van der Waals surface area contributed by atoms with E-state index in [1.807, 2.05) is 0 Å². The Hall–Kier alpha value is -1.23. The molecule has 7 atom stereocenters. The third-order valence-electron chi connectivity index (χ3n) is 9.58. The van der Waals surface area contributed by atoms with E-state index in [-0.39, 0.29) is 34.2 Å². The van der Waals surface area contributed by atoms with Gasteiger partial charge in [0.05, 0.1) is 5.71 Å². The highest BCUT2D eigenvalue weighted by Gasteiger charge is 2.63. The van der Waals surface area contributed by atoms with Gasteiger partial charge < -0.3 is 10.2 Å². The molecule has 1 aliphatic heterocycles. The number of carbonyl (C=O) groups is 2. The van der Waals surface area contributed by atoms with Crippen molar-refractivity contribution in [2.75, 3.05) is 13.2 Å². The highest BCUT2D eigenvalue weighted by Crippen LogP contribution is 2.64. The summed E-state index contributed by atoms with van der Waals surface area (Å²) in [6, 6.07) is 0.398. The maximum Gasteiger partial charge on any atom is 0.202 e. The minimum absolute atomic E-state index is 0.0202. The smallest absolute Gasteiger partial charge is 0.202 e. The fraction of sp³-hybridized carbons (Fsp3) is 0.875. The van der Waals surface area contributed by atoms with E-state index in [2.05, 4.69) is 24.3 Å². The Labute approximate surface area is 174 Å². The molecule has 1 unspecified atom stereocenters. The summed E-state index contributed by atoms with van der Waals surface area (Å²) >= 11 is 0. The van der Waals surface area contributed by atoms with Crippen molar-refractivity contribution >= 4 is 17.3 Å². The van der Waals surface area contributed by atoms with Gasteiger partial charge in [0.2, 0.25) is 11.6 Å². The van der Waals surface area contributed by atoms with E-state index in [4.69, 9.17) is 4.84 Å². The van der Waals surface area contributed by atoms with Crippen LogP contribution < -0.4 is 5.32 Å². The van der Waals surface area contributed by atoms with Gasteiger partial charge in [-0.25, -0.2) is 0 Å². The summed E-state index contributed by atoms with van der Waals surface area (Å²) < 4.78 is 0. The second kappa shape index (κ2) is 7.18.